The Morgan fingerprint density at radius 3 is 2.27 bits per heavy atom. The first-order valence-electron chi connectivity index (χ1n) is 13.0. The summed E-state index contributed by atoms with van der Waals surface area (Å²) in [4.78, 5) is 49.7. The molecular weight excluding hydrogens is 502 g/mol. The van der Waals surface area contributed by atoms with Gasteiger partial charge in [-0.05, 0) is 41.8 Å². The van der Waals surface area contributed by atoms with E-state index in [2.05, 4.69) is 20.6 Å². The molecule has 0 fully saturated rings. The van der Waals surface area contributed by atoms with E-state index in [1.807, 2.05) is 84.9 Å². The Kier molecular flexibility index (Phi) is 7.77. The number of benzodiazepines with no additional fused rings is 1. The summed E-state index contributed by atoms with van der Waals surface area (Å²) in [5.74, 6) is -1.22. The molecule has 0 spiro atoms. The predicted molar refractivity (Wildman–Crippen MR) is 155 cm³/mol. The largest absolute Gasteiger partial charge is 0.344 e. The minimum Gasteiger partial charge on any atom is -0.344 e. The van der Waals surface area contributed by atoms with E-state index in [1.165, 1.54) is 4.90 Å². The van der Waals surface area contributed by atoms with Gasteiger partial charge in [0.1, 0.15) is 6.04 Å². The number of nitrogens with one attached hydrogen (secondary N) is 2. The Morgan fingerprint density at radius 2 is 1.55 bits per heavy atom. The van der Waals surface area contributed by atoms with Gasteiger partial charge in [-0.15, -0.1) is 0 Å². The number of amides is 3. The molecule has 2 atom stereocenters. The van der Waals surface area contributed by atoms with Crippen LogP contribution in [0.1, 0.15) is 23.7 Å². The maximum atomic E-state index is 13.3. The van der Waals surface area contributed by atoms with Crippen molar-refractivity contribution in [3.8, 4) is 11.1 Å². The second-order valence-corrected chi connectivity index (χ2v) is 9.55. The van der Waals surface area contributed by atoms with Crippen molar-refractivity contribution in [2.24, 2.45) is 4.99 Å². The third-order valence-electron chi connectivity index (χ3n) is 6.73. The van der Waals surface area contributed by atoms with Crippen molar-refractivity contribution < 1.29 is 14.4 Å². The van der Waals surface area contributed by atoms with Crippen LogP contribution in [0.15, 0.2) is 108 Å². The van der Waals surface area contributed by atoms with Crippen LogP contribution in [-0.2, 0) is 20.8 Å². The third-order valence-corrected chi connectivity index (χ3v) is 6.73. The van der Waals surface area contributed by atoms with Crippen molar-refractivity contribution in [1.29, 1.82) is 0 Å². The second kappa shape index (κ2) is 11.7. The van der Waals surface area contributed by atoms with Gasteiger partial charge in [-0.2, -0.15) is 0 Å². The standard InChI is InChI=1S/C32H29N5O3/c1-21(34-28(38)20-22-15-17-24(18-16-22)23-10-4-3-5-11-23)31(39)36-30-32(40)37(2)27-14-7-6-12-25(27)29(35-30)26-13-8-9-19-33-26/h3-19,21,30H,20H2,1-2H3,(H,34,38)(H,36,39)/t21-,30?/m0/s1. The number of carbonyl (C=O) groups is 3. The number of aliphatic imine (C=N–C) groups is 1. The molecule has 1 unspecified atom stereocenters. The Hall–Kier alpha value is -5.11. The third kappa shape index (κ3) is 5.81. The molecule has 40 heavy (non-hydrogen) atoms. The van der Waals surface area contributed by atoms with Crippen molar-refractivity contribution in [2.75, 3.05) is 11.9 Å². The summed E-state index contributed by atoms with van der Waals surface area (Å²) in [5, 5.41) is 5.44. The van der Waals surface area contributed by atoms with Crippen LogP contribution in [0.25, 0.3) is 11.1 Å². The second-order valence-electron chi connectivity index (χ2n) is 9.55. The molecule has 3 aromatic carbocycles. The van der Waals surface area contributed by atoms with Crippen LogP contribution < -0.4 is 15.5 Å². The van der Waals surface area contributed by atoms with Gasteiger partial charge >= 0.3 is 0 Å². The van der Waals surface area contributed by atoms with Crippen LogP contribution in [0, 0.1) is 0 Å². The average Bonchev–Trinajstić information content (AvgIpc) is 3.09. The van der Waals surface area contributed by atoms with E-state index in [9.17, 15) is 14.4 Å². The maximum absolute atomic E-state index is 13.3. The highest BCUT2D eigenvalue weighted by Gasteiger charge is 2.32. The van der Waals surface area contributed by atoms with Crippen molar-refractivity contribution in [3.05, 3.63) is 120 Å². The van der Waals surface area contributed by atoms with E-state index in [-0.39, 0.29) is 12.3 Å². The Morgan fingerprint density at radius 1 is 0.875 bits per heavy atom. The summed E-state index contributed by atoms with van der Waals surface area (Å²) < 4.78 is 0. The fraction of sp³-hybridized carbons (Fsp3) is 0.156. The molecule has 0 aliphatic carbocycles. The number of carbonyl (C=O) groups excluding carboxylic acids is 3. The Balaban J connectivity index is 1.27. The van der Waals surface area contributed by atoms with E-state index in [4.69, 9.17) is 0 Å². The van der Waals surface area contributed by atoms with Gasteiger partial charge in [0.15, 0.2) is 0 Å². The van der Waals surface area contributed by atoms with Crippen molar-refractivity contribution in [1.82, 2.24) is 15.6 Å². The lowest BCUT2D eigenvalue weighted by atomic mass is 10.0. The summed E-state index contributed by atoms with van der Waals surface area (Å²) >= 11 is 0. The molecular formula is C32H29N5O3. The molecule has 1 aliphatic heterocycles. The van der Waals surface area contributed by atoms with Crippen molar-refractivity contribution >= 4 is 29.1 Å². The van der Waals surface area contributed by atoms with Gasteiger partial charge < -0.3 is 15.5 Å². The monoisotopic (exact) mass is 531 g/mol. The quantitative estimate of drug-likeness (QED) is 0.379. The smallest absolute Gasteiger partial charge is 0.272 e. The highest BCUT2D eigenvalue weighted by molar-refractivity contribution is 6.19. The highest BCUT2D eigenvalue weighted by atomic mass is 16.2. The molecule has 0 saturated heterocycles. The first-order chi connectivity index (χ1) is 19.4. The molecule has 4 aromatic rings. The van der Waals surface area contributed by atoms with Crippen LogP contribution in [-0.4, -0.2) is 47.7 Å². The van der Waals surface area contributed by atoms with Gasteiger partial charge in [-0.1, -0.05) is 78.9 Å². The fourth-order valence-electron chi connectivity index (χ4n) is 4.57. The van der Waals surface area contributed by atoms with E-state index in [1.54, 1.807) is 32.3 Å². The molecule has 0 bridgehead atoms. The number of rotatable bonds is 7. The van der Waals surface area contributed by atoms with Crippen LogP contribution >= 0.6 is 0 Å². The summed E-state index contributed by atoms with van der Waals surface area (Å²) in [7, 11) is 1.64. The van der Waals surface area contributed by atoms with Crippen LogP contribution in [0.2, 0.25) is 0 Å². The number of likely N-dealkylation sites (N-methyl/N-ethyl adjacent to an activating group) is 1. The van der Waals surface area contributed by atoms with Gasteiger partial charge in [0, 0.05) is 18.8 Å². The van der Waals surface area contributed by atoms with E-state index < -0.39 is 24.0 Å². The molecule has 200 valence electrons. The maximum Gasteiger partial charge on any atom is 0.272 e. The summed E-state index contributed by atoms with van der Waals surface area (Å²) in [6, 6.07) is 29.7. The Bertz CT molecular complexity index is 1550. The molecule has 0 saturated carbocycles. The predicted octanol–water partition coefficient (Wildman–Crippen LogP) is 3.75. The fourth-order valence-corrected chi connectivity index (χ4v) is 4.57. The number of benzene rings is 3. The van der Waals surface area contributed by atoms with E-state index >= 15 is 0 Å². The molecule has 0 radical (unpaired) electrons. The van der Waals surface area contributed by atoms with Gasteiger partial charge in [0.05, 0.1) is 23.5 Å². The molecule has 5 rings (SSSR count). The summed E-state index contributed by atoms with van der Waals surface area (Å²) in [6.07, 6.45) is 0.582. The van der Waals surface area contributed by atoms with Gasteiger partial charge in [0.2, 0.25) is 18.0 Å². The number of para-hydroxylation sites is 1. The zero-order valence-electron chi connectivity index (χ0n) is 22.2. The lowest BCUT2D eigenvalue weighted by molar-refractivity contribution is -0.130. The number of hydrogen-bond acceptors (Lipinski definition) is 5. The SMILES string of the molecule is C[C@H](NC(=O)Cc1ccc(-c2ccccc2)cc1)C(=O)NC1N=C(c2ccccn2)c2ccccc2N(C)C1=O. The summed E-state index contributed by atoms with van der Waals surface area (Å²) in [6.45, 7) is 1.58. The number of pyridine rings is 1. The minimum atomic E-state index is -1.19. The Labute approximate surface area is 232 Å². The summed E-state index contributed by atoms with van der Waals surface area (Å²) in [5.41, 5.74) is 5.45. The number of hydrogen-bond donors (Lipinski definition) is 2. The molecule has 8 heteroatoms. The lowest BCUT2D eigenvalue weighted by Crippen LogP contribution is -2.52. The average molecular weight is 532 g/mol. The minimum absolute atomic E-state index is 0.120. The molecule has 2 heterocycles. The van der Waals surface area contributed by atoms with E-state index in [0.29, 0.717) is 17.1 Å². The van der Waals surface area contributed by atoms with Crippen LogP contribution in [0.3, 0.4) is 0 Å². The van der Waals surface area contributed by atoms with Crippen LogP contribution in [0.4, 0.5) is 5.69 Å². The highest BCUT2D eigenvalue weighted by Crippen LogP contribution is 2.26. The molecule has 3 amide bonds. The number of anilines is 1. The van der Waals surface area contributed by atoms with Crippen molar-refractivity contribution in [2.45, 2.75) is 25.6 Å². The number of aromatic nitrogens is 1. The van der Waals surface area contributed by atoms with Gasteiger partial charge in [0.25, 0.3) is 5.91 Å². The number of nitrogens with zero attached hydrogens (tertiary/aromatic N) is 3. The molecule has 1 aromatic heterocycles. The van der Waals surface area contributed by atoms with E-state index in [0.717, 1.165) is 22.3 Å². The molecule has 2 N–H and O–H groups in total. The van der Waals surface area contributed by atoms with Gasteiger partial charge in [-0.3, -0.25) is 19.4 Å². The lowest BCUT2D eigenvalue weighted by Gasteiger charge is -2.22. The zero-order chi connectivity index (χ0) is 28.1. The van der Waals surface area contributed by atoms with Crippen LogP contribution in [0.5, 0.6) is 0 Å². The molecule has 1 aliphatic rings. The molecule has 8 nitrogen and oxygen atoms in total. The van der Waals surface area contributed by atoms with Crippen molar-refractivity contribution in [3.63, 3.8) is 0 Å². The topological polar surface area (TPSA) is 104 Å². The van der Waals surface area contributed by atoms with Gasteiger partial charge in [-0.25, -0.2) is 4.99 Å². The number of fused-ring (bicyclic) bond motifs is 1. The first-order valence-corrected chi connectivity index (χ1v) is 13.0. The zero-order valence-corrected chi connectivity index (χ0v) is 22.2. The first kappa shape index (κ1) is 26.5. The normalized spacial score (nSPS) is 15.3.